The quantitative estimate of drug-likeness (QED) is 0.185. The van der Waals surface area contributed by atoms with Crippen molar-refractivity contribution in [1.29, 1.82) is 10.5 Å². The monoisotopic (exact) mass is 587 g/mol. The van der Waals surface area contributed by atoms with Crippen molar-refractivity contribution < 1.29 is 19.2 Å². The first kappa shape index (κ1) is 30.9. The highest BCUT2D eigenvalue weighted by Gasteiger charge is 2.18. The molecule has 0 aliphatic heterocycles. The van der Waals surface area contributed by atoms with Crippen LogP contribution in [0.25, 0.3) is 6.08 Å². The molecule has 12 nitrogen and oxygen atoms in total. The number of nitro groups is 1. The van der Waals surface area contributed by atoms with Gasteiger partial charge in [-0.3, -0.25) is 20.2 Å². The summed E-state index contributed by atoms with van der Waals surface area (Å²) in [5.41, 5.74) is 1.31. The van der Waals surface area contributed by atoms with Gasteiger partial charge in [-0.25, -0.2) is 4.79 Å². The van der Waals surface area contributed by atoms with Crippen molar-refractivity contribution in [3.63, 3.8) is 0 Å². The van der Waals surface area contributed by atoms with Crippen molar-refractivity contribution in [2.24, 2.45) is 0 Å². The van der Waals surface area contributed by atoms with Gasteiger partial charge in [0, 0.05) is 42.7 Å². The molecule has 0 heterocycles. The molecule has 3 rings (SSSR count). The summed E-state index contributed by atoms with van der Waals surface area (Å²) in [7, 11) is 1.49. The fourth-order valence-corrected chi connectivity index (χ4v) is 3.97. The topological polar surface area (TPSA) is 173 Å². The molecule has 0 aliphatic rings. The zero-order valence-corrected chi connectivity index (χ0v) is 23.2. The van der Waals surface area contributed by atoms with Gasteiger partial charge >= 0.3 is 6.03 Å². The van der Waals surface area contributed by atoms with E-state index in [0.29, 0.717) is 30.1 Å². The summed E-state index contributed by atoms with van der Waals surface area (Å²) in [5.74, 6) is -0.301. The van der Waals surface area contributed by atoms with Crippen LogP contribution in [0.1, 0.15) is 28.8 Å². The maximum atomic E-state index is 13.1. The normalized spacial score (nSPS) is 10.5. The van der Waals surface area contributed by atoms with Gasteiger partial charge < -0.3 is 20.3 Å². The van der Waals surface area contributed by atoms with Crippen LogP contribution in [0.3, 0.4) is 0 Å². The Labute approximate surface area is 246 Å². The van der Waals surface area contributed by atoms with Crippen molar-refractivity contribution in [3.05, 3.63) is 98.8 Å². The summed E-state index contributed by atoms with van der Waals surface area (Å²) in [4.78, 5) is 38.4. The largest absolute Gasteiger partial charge is 0.497 e. The highest BCUT2D eigenvalue weighted by Crippen LogP contribution is 2.23. The fourth-order valence-electron chi connectivity index (χ4n) is 3.77. The van der Waals surface area contributed by atoms with Crippen molar-refractivity contribution in [3.8, 4) is 17.9 Å². The van der Waals surface area contributed by atoms with Crippen LogP contribution in [-0.2, 0) is 0 Å². The van der Waals surface area contributed by atoms with Crippen molar-refractivity contribution in [2.75, 3.05) is 30.4 Å². The van der Waals surface area contributed by atoms with E-state index >= 15 is 0 Å². The van der Waals surface area contributed by atoms with Crippen LogP contribution >= 0.6 is 11.6 Å². The maximum Gasteiger partial charge on any atom is 0.324 e. The molecule has 0 radical (unpaired) electrons. The lowest BCUT2D eigenvalue weighted by atomic mass is 10.1. The molecule has 214 valence electrons. The number of halogens is 1. The molecule has 0 bridgehead atoms. The Morgan fingerprint density at radius 1 is 1.02 bits per heavy atom. The molecule has 3 amide bonds. The molecule has 0 atom stereocenters. The van der Waals surface area contributed by atoms with Gasteiger partial charge in [-0.05, 0) is 42.0 Å². The van der Waals surface area contributed by atoms with Crippen LogP contribution in [-0.4, -0.2) is 37.1 Å². The molecule has 0 saturated carbocycles. The minimum Gasteiger partial charge on any atom is -0.497 e. The van der Waals surface area contributed by atoms with Crippen molar-refractivity contribution in [2.45, 2.75) is 12.8 Å². The number of carbonyl (C=O) groups is 2. The molecular weight excluding hydrogens is 562 g/mol. The second-order valence-corrected chi connectivity index (χ2v) is 9.05. The first-order valence-electron chi connectivity index (χ1n) is 12.5. The summed E-state index contributed by atoms with van der Waals surface area (Å²) >= 11 is 6.14. The molecule has 3 aromatic rings. The van der Waals surface area contributed by atoms with Gasteiger partial charge in [0.25, 0.3) is 11.6 Å². The van der Waals surface area contributed by atoms with Crippen LogP contribution in [0.2, 0.25) is 5.02 Å². The van der Waals surface area contributed by atoms with Gasteiger partial charge in [-0.2, -0.15) is 10.5 Å². The summed E-state index contributed by atoms with van der Waals surface area (Å²) in [6.07, 6.45) is 2.07. The lowest BCUT2D eigenvalue weighted by Gasteiger charge is -2.22. The Hall–Kier alpha value is -5.59. The van der Waals surface area contributed by atoms with Crippen LogP contribution < -0.4 is 25.6 Å². The van der Waals surface area contributed by atoms with Gasteiger partial charge in [-0.1, -0.05) is 29.8 Å². The molecule has 0 spiro atoms. The van der Waals surface area contributed by atoms with Crippen LogP contribution in [0, 0.1) is 32.8 Å². The van der Waals surface area contributed by atoms with E-state index in [2.05, 4.69) is 28.1 Å². The van der Waals surface area contributed by atoms with Crippen molar-refractivity contribution in [1.82, 2.24) is 10.6 Å². The number of hydrogen-bond acceptors (Lipinski definition) is 8. The maximum absolute atomic E-state index is 13.1. The van der Waals surface area contributed by atoms with Gasteiger partial charge in [-0.15, -0.1) is 0 Å². The third-order valence-corrected chi connectivity index (χ3v) is 6.12. The standard InChI is InChI=1S/C29H26ClN7O5/c1-42-24-6-2-5-21(18-24)33-29(39)35-27(34-28(38)25-19-23(37(40)41)11-12-26(25)30)17-20-7-9-22(10-8-20)36(15-3-13-31)16-4-14-32/h2,5-12,17-19H,3-4,15-16H2,1H3,(H,34,38)(H2,33,35,39)/b27-17+. The van der Waals surface area contributed by atoms with Gasteiger partial charge in [0.2, 0.25) is 0 Å². The number of nitro benzene ring substituents is 1. The number of amides is 3. The molecule has 0 fully saturated rings. The Morgan fingerprint density at radius 2 is 1.71 bits per heavy atom. The van der Waals surface area contributed by atoms with Crippen LogP contribution in [0.4, 0.5) is 21.9 Å². The van der Waals surface area contributed by atoms with E-state index < -0.39 is 16.9 Å². The SMILES string of the molecule is COc1cccc(NC(=O)N/C(=C/c2ccc(N(CCC#N)CCC#N)cc2)NC(=O)c2cc([N+](=O)[O-])ccc2Cl)c1. The summed E-state index contributed by atoms with van der Waals surface area (Å²) < 4.78 is 5.17. The Balaban J connectivity index is 1.89. The zero-order valence-electron chi connectivity index (χ0n) is 22.5. The number of anilines is 2. The average molecular weight is 588 g/mol. The summed E-state index contributed by atoms with van der Waals surface area (Å²) in [6, 6.07) is 20.6. The van der Waals surface area contributed by atoms with Gasteiger partial charge in [0.05, 0.1) is 47.6 Å². The highest BCUT2D eigenvalue weighted by molar-refractivity contribution is 6.34. The summed E-state index contributed by atoms with van der Waals surface area (Å²) in [6.45, 7) is 0.898. The number of benzene rings is 3. The molecular formula is C29H26ClN7O5. The third-order valence-electron chi connectivity index (χ3n) is 5.79. The van der Waals surface area contributed by atoms with E-state index in [-0.39, 0.29) is 34.9 Å². The molecule has 42 heavy (non-hydrogen) atoms. The van der Waals surface area contributed by atoms with Gasteiger partial charge in [0.1, 0.15) is 11.6 Å². The number of nitriles is 2. The lowest BCUT2D eigenvalue weighted by molar-refractivity contribution is -0.384. The first-order valence-corrected chi connectivity index (χ1v) is 12.9. The molecule has 0 saturated heterocycles. The van der Waals surface area contributed by atoms with Gasteiger partial charge in [0.15, 0.2) is 0 Å². The molecule has 3 aromatic carbocycles. The first-order chi connectivity index (χ1) is 20.2. The van der Waals surface area contributed by atoms with E-state index in [1.54, 1.807) is 48.5 Å². The minimum atomic E-state index is -0.785. The van der Waals surface area contributed by atoms with Crippen LogP contribution in [0.15, 0.2) is 72.6 Å². The molecule has 0 unspecified atom stereocenters. The molecule has 0 aromatic heterocycles. The lowest BCUT2D eigenvalue weighted by Crippen LogP contribution is -2.37. The number of urea groups is 1. The second-order valence-electron chi connectivity index (χ2n) is 8.64. The highest BCUT2D eigenvalue weighted by atomic mass is 35.5. The second kappa shape index (κ2) is 15.3. The van der Waals surface area contributed by atoms with Crippen LogP contribution in [0.5, 0.6) is 5.75 Å². The smallest absolute Gasteiger partial charge is 0.324 e. The van der Waals surface area contributed by atoms with E-state index in [0.717, 1.165) is 11.8 Å². The number of hydrogen-bond donors (Lipinski definition) is 3. The van der Waals surface area contributed by atoms with E-state index in [1.807, 2.05) is 4.90 Å². The molecule has 13 heteroatoms. The van der Waals surface area contributed by atoms with E-state index in [1.165, 1.54) is 25.3 Å². The predicted molar refractivity (Wildman–Crippen MR) is 158 cm³/mol. The Kier molecular flexibility index (Phi) is 11.2. The number of rotatable bonds is 12. The zero-order chi connectivity index (χ0) is 30.5. The number of nitrogens with one attached hydrogen (secondary N) is 3. The Bertz CT molecular complexity index is 1540. The predicted octanol–water partition coefficient (Wildman–Crippen LogP) is 5.44. The van der Waals surface area contributed by atoms with E-state index in [4.69, 9.17) is 26.9 Å². The van der Waals surface area contributed by atoms with E-state index in [9.17, 15) is 19.7 Å². The van der Waals surface area contributed by atoms with Crippen molar-refractivity contribution >= 4 is 46.7 Å². The number of nitrogens with zero attached hydrogens (tertiary/aromatic N) is 4. The minimum absolute atomic E-state index is 0.0162. The number of non-ortho nitro benzene ring substituents is 1. The Morgan fingerprint density at radius 3 is 2.33 bits per heavy atom. The molecule has 0 aliphatic carbocycles. The number of carbonyl (C=O) groups excluding carboxylic acids is 2. The number of ether oxygens (including phenoxy) is 1. The summed E-state index contributed by atoms with van der Waals surface area (Å²) in [5, 5.41) is 36.9. The third kappa shape index (κ3) is 8.98. The number of methoxy groups -OCH3 is 1. The average Bonchev–Trinajstić information content (AvgIpc) is 2.97. The fraction of sp³-hybridized carbons (Fsp3) is 0.172. The molecule has 3 N–H and O–H groups in total.